The normalized spacial score (nSPS) is 28.1. The van der Waals surface area contributed by atoms with E-state index in [-0.39, 0.29) is 5.54 Å². The fourth-order valence-corrected chi connectivity index (χ4v) is 2.15. The van der Waals surface area contributed by atoms with Gasteiger partial charge in [-0.1, -0.05) is 27.7 Å². The van der Waals surface area contributed by atoms with Crippen molar-refractivity contribution >= 4 is 5.84 Å². The SMILES string of the molecule is CC(C)C1=NC2(C)C=CNC2=C(C(C)C)N1. The third kappa shape index (κ3) is 1.64. The van der Waals surface area contributed by atoms with Crippen LogP contribution in [0.3, 0.4) is 0 Å². The second kappa shape index (κ2) is 3.65. The van der Waals surface area contributed by atoms with E-state index in [0.717, 1.165) is 5.84 Å². The second-order valence-corrected chi connectivity index (χ2v) is 5.35. The number of aliphatic imine (C=N–C) groups is 1. The number of fused-ring (bicyclic) bond motifs is 1. The van der Waals surface area contributed by atoms with Gasteiger partial charge in [-0.3, -0.25) is 4.99 Å². The van der Waals surface area contributed by atoms with Crippen LogP contribution in [0.5, 0.6) is 0 Å². The largest absolute Gasteiger partial charge is 0.362 e. The summed E-state index contributed by atoms with van der Waals surface area (Å²) in [6.07, 6.45) is 4.13. The van der Waals surface area contributed by atoms with Gasteiger partial charge in [-0.15, -0.1) is 0 Å². The van der Waals surface area contributed by atoms with Gasteiger partial charge in [-0.05, 0) is 25.1 Å². The average Bonchev–Trinajstić information content (AvgIpc) is 2.56. The van der Waals surface area contributed by atoms with Gasteiger partial charge in [0.2, 0.25) is 0 Å². The Hall–Kier alpha value is -1.25. The molecule has 2 aliphatic heterocycles. The third-order valence-corrected chi connectivity index (χ3v) is 3.15. The van der Waals surface area contributed by atoms with Crippen LogP contribution in [0.15, 0.2) is 28.7 Å². The fourth-order valence-electron chi connectivity index (χ4n) is 2.15. The summed E-state index contributed by atoms with van der Waals surface area (Å²) >= 11 is 0. The van der Waals surface area contributed by atoms with Gasteiger partial charge in [0, 0.05) is 11.6 Å². The highest BCUT2D eigenvalue weighted by atomic mass is 15.1. The zero-order valence-corrected chi connectivity index (χ0v) is 10.8. The van der Waals surface area contributed by atoms with Crippen molar-refractivity contribution in [3.8, 4) is 0 Å². The molecule has 0 aromatic carbocycles. The molecule has 0 fully saturated rings. The Kier molecular flexibility index (Phi) is 2.56. The Labute approximate surface area is 97.7 Å². The Morgan fingerprint density at radius 1 is 1.19 bits per heavy atom. The van der Waals surface area contributed by atoms with Crippen molar-refractivity contribution in [2.75, 3.05) is 0 Å². The number of allylic oxidation sites excluding steroid dienone is 1. The molecule has 0 aromatic heterocycles. The maximum Gasteiger partial charge on any atom is 0.121 e. The van der Waals surface area contributed by atoms with Crippen LogP contribution >= 0.6 is 0 Å². The molecule has 1 unspecified atom stereocenters. The van der Waals surface area contributed by atoms with Crippen LogP contribution in [0.4, 0.5) is 0 Å². The lowest BCUT2D eigenvalue weighted by Crippen LogP contribution is -2.43. The number of hydrogen-bond acceptors (Lipinski definition) is 3. The highest BCUT2D eigenvalue weighted by molar-refractivity contribution is 5.88. The summed E-state index contributed by atoms with van der Waals surface area (Å²) < 4.78 is 0. The van der Waals surface area contributed by atoms with E-state index in [9.17, 15) is 0 Å². The van der Waals surface area contributed by atoms with Crippen LogP contribution in [-0.2, 0) is 0 Å². The monoisotopic (exact) mass is 219 g/mol. The van der Waals surface area contributed by atoms with Crippen LogP contribution in [0.25, 0.3) is 0 Å². The van der Waals surface area contributed by atoms with Crippen LogP contribution in [0.2, 0.25) is 0 Å². The Morgan fingerprint density at radius 3 is 2.44 bits per heavy atom. The van der Waals surface area contributed by atoms with Crippen molar-refractivity contribution in [2.24, 2.45) is 16.8 Å². The predicted octanol–water partition coefficient (Wildman–Crippen LogP) is 2.39. The van der Waals surface area contributed by atoms with E-state index in [0.29, 0.717) is 11.8 Å². The van der Waals surface area contributed by atoms with E-state index in [4.69, 9.17) is 4.99 Å². The molecular formula is C13H21N3. The number of nitrogens with one attached hydrogen (secondary N) is 2. The molecule has 2 N–H and O–H groups in total. The summed E-state index contributed by atoms with van der Waals surface area (Å²) in [5, 5.41) is 6.80. The van der Waals surface area contributed by atoms with Gasteiger partial charge in [0.1, 0.15) is 11.4 Å². The molecule has 2 rings (SSSR count). The number of amidine groups is 1. The lowest BCUT2D eigenvalue weighted by Gasteiger charge is -2.33. The molecule has 0 radical (unpaired) electrons. The zero-order chi connectivity index (χ0) is 11.9. The molecule has 88 valence electrons. The van der Waals surface area contributed by atoms with Crippen molar-refractivity contribution < 1.29 is 0 Å². The highest BCUT2D eigenvalue weighted by Crippen LogP contribution is 2.33. The van der Waals surface area contributed by atoms with Crippen molar-refractivity contribution in [1.82, 2.24) is 10.6 Å². The highest BCUT2D eigenvalue weighted by Gasteiger charge is 2.37. The number of nitrogens with zero attached hydrogens (tertiary/aromatic N) is 1. The first kappa shape index (κ1) is 11.2. The molecule has 0 aliphatic carbocycles. The van der Waals surface area contributed by atoms with E-state index in [1.165, 1.54) is 11.4 Å². The number of hydrogen-bond donors (Lipinski definition) is 2. The second-order valence-electron chi connectivity index (χ2n) is 5.35. The van der Waals surface area contributed by atoms with E-state index in [1.807, 2.05) is 6.20 Å². The van der Waals surface area contributed by atoms with E-state index in [2.05, 4.69) is 51.3 Å². The Balaban J connectivity index is 2.45. The lowest BCUT2D eigenvalue weighted by molar-refractivity contribution is 0.580. The van der Waals surface area contributed by atoms with E-state index in [1.54, 1.807) is 0 Å². The predicted molar refractivity (Wildman–Crippen MR) is 68.0 cm³/mol. The molecular weight excluding hydrogens is 198 g/mol. The van der Waals surface area contributed by atoms with Crippen LogP contribution < -0.4 is 10.6 Å². The summed E-state index contributed by atoms with van der Waals surface area (Å²) in [7, 11) is 0. The molecule has 0 spiro atoms. The minimum atomic E-state index is -0.190. The van der Waals surface area contributed by atoms with Crippen molar-refractivity contribution in [3.63, 3.8) is 0 Å². The molecule has 3 heteroatoms. The van der Waals surface area contributed by atoms with Crippen LogP contribution in [0, 0.1) is 11.8 Å². The van der Waals surface area contributed by atoms with E-state index < -0.39 is 0 Å². The molecule has 2 aliphatic rings. The van der Waals surface area contributed by atoms with Gasteiger partial charge in [-0.25, -0.2) is 0 Å². The minimum Gasteiger partial charge on any atom is -0.362 e. The lowest BCUT2D eigenvalue weighted by atomic mass is 9.92. The Bertz CT molecular complexity index is 388. The van der Waals surface area contributed by atoms with Crippen molar-refractivity contribution in [1.29, 1.82) is 0 Å². The molecule has 0 saturated heterocycles. The number of rotatable bonds is 2. The van der Waals surface area contributed by atoms with Gasteiger partial charge in [-0.2, -0.15) is 0 Å². The molecule has 0 amide bonds. The maximum absolute atomic E-state index is 4.81. The summed E-state index contributed by atoms with van der Waals surface area (Å²) in [5.74, 6) is 2.00. The summed E-state index contributed by atoms with van der Waals surface area (Å²) in [4.78, 5) is 4.81. The summed E-state index contributed by atoms with van der Waals surface area (Å²) in [5.41, 5.74) is 2.28. The van der Waals surface area contributed by atoms with Gasteiger partial charge in [0.25, 0.3) is 0 Å². The molecule has 0 bridgehead atoms. The third-order valence-electron chi connectivity index (χ3n) is 3.15. The van der Waals surface area contributed by atoms with Crippen LogP contribution in [-0.4, -0.2) is 11.4 Å². The molecule has 2 heterocycles. The van der Waals surface area contributed by atoms with Gasteiger partial charge >= 0.3 is 0 Å². The molecule has 0 saturated carbocycles. The topological polar surface area (TPSA) is 36.4 Å². The molecule has 0 aromatic rings. The average molecular weight is 219 g/mol. The molecule has 1 atom stereocenters. The summed E-state index contributed by atoms with van der Waals surface area (Å²) in [6.45, 7) is 10.9. The van der Waals surface area contributed by atoms with Crippen molar-refractivity contribution in [2.45, 2.75) is 40.2 Å². The summed E-state index contributed by atoms with van der Waals surface area (Å²) in [6, 6.07) is 0. The smallest absolute Gasteiger partial charge is 0.121 e. The van der Waals surface area contributed by atoms with Crippen molar-refractivity contribution in [3.05, 3.63) is 23.7 Å². The van der Waals surface area contributed by atoms with Gasteiger partial charge in [0.15, 0.2) is 0 Å². The molecule has 16 heavy (non-hydrogen) atoms. The Morgan fingerprint density at radius 2 is 1.88 bits per heavy atom. The molecule has 3 nitrogen and oxygen atoms in total. The first-order valence-electron chi connectivity index (χ1n) is 5.99. The van der Waals surface area contributed by atoms with Gasteiger partial charge < -0.3 is 10.6 Å². The van der Waals surface area contributed by atoms with Crippen LogP contribution in [0.1, 0.15) is 34.6 Å². The van der Waals surface area contributed by atoms with Gasteiger partial charge in [0.05, 0.1) is 5.70 Å². The van der Waals surface area contributed by atoms with E-state index >= 15 is 0 Å². The maximum atomic E-state index is 4.81. The standard InChI is InChI=1S/C13H21N3/c1-8(2)10-11-13(5,6-7-14-11)16-12(15-10)9(3)4/h6-9,14H,1-5H3,(H,15,16). The quantitative estimate of drug-likeness (QED) is 0.748. The minimum absolute atomic E-state index is 0.190. The zero-order valence-electron chi connectivity index (χ0n) is 10.8. The fraction of sp³-hybridized carbons (Fsp3) is 0.615. The first-order chi connectivity index (χ1) is 7.44. The first-order valence-corrected chi connectivity index (χ1v) is 5.99.